The van der Waals surface area contributed by atoms with Gasteiger partial charge in [-0.05, 0) is 58.0 Å². The van der Waals surface area contributed by atoms with Crippen LogP contribution in [0.25, 0.3) is 5.69 Å². The lowest BCUT2D eigenvalue weighted by Crippen LogP contribution is -2.25. The van der Waals surface area contributed by atoms with Gasteiger partial charge in [-0.1, -0.05) is 23.7 Å². The third kappa shape index (κ3) is 4.39. The number of nitrogens with zero attached hydrogens (tertiary/aromatic N) is 4. The van der Waals surface area contributed by atoms with Gasteiger partial charge in [0, 0.05) is 22.7 Å². The van der Waals surface area contributed by atoms with Crippen LogP contribution in [0.5, 0.6) is 5.75 Å². The number of fused-ring (bicyclic) bond motifs is 3. The van der Waals surface area contributed by atoms with Crippen LogP contribution in [0.15, 0.2) is 47.5 Å². The SMILES string of the molecule is CCNC(=O)CC1N=C(c2ccc(Cl)cc2)c2cc(OC(C)C)ccc2-n2c(C)nnc21. The maximum atomic E-state index is 12.5. The number of hydrogen-bond acceptors (Lipinski definition) is 5. The molecule has 0 fully saturated rings. The minimum atomic E-state index is -0.490. The van der Waals surface area contributed by atoms with Gasteiger partial charge in [0.1, 0.15) is 17.6 Å². The Kier molecular flexibility index (Phi) is 6.28. The molecule has 1 atom stereocenters. The van der Waals surface area contributed by atoms with E-state index in [0.29, 0.717) is 17.4 Å². The van der Waals surface area contributed by atoms with Crippen LogP contribution >= 0.6 is 11.6 Å². The number of aryl methyl sites for hydroxylation is 1. The van der Waals surface area contributed by atoms with Crippen molar-refractivity contribution in [3.63, 3.8) is 0 Å². The highest BCUT2D eigenvalue weighted by Gasteiger charge is 2.30. The Balaban J connectivity index is 1.94. The second-order valence-corrected chi connectivity index (χ2v) is 8.38. The molecule has 8 heteroatoms. The summed E-state index contributed by atoms with van der Waals surface area (Å²) < 4.78 is 7.94. The third-order valence-electron chi connectivity index (χ3n) is 5.14. The van der Waals surface area contributed by atoms with Gasteiger partial charge in [-0.15, -0.1) is 10.2 Å². The van der Waals surface area contributed by atoms with E-state index in [1.807, 2.05) is 74.7 Å². The van der Waals surface area contributed by atoms with Crippen molar-refractivity contribution in [3.8, 4) is 11.4 Å². The van der Waals surface area contributed by atoms with Crippen molar-refractivity contribution in [1.82, 2.24) is 20.1 Å². The molecule has 0 bridgehead atoms. The molecule has 2 aromatic carbocycles. The van der Waals surface area contributed by atoms with E-state index in [-0.39, 0.29) is 18.4 Å². The van der Waals surface area contributed by atoms with Gasteiger partial charge in [-0.3, -0.25) is 14.4 Å². The molecule has 1 aromatic heterocycles. The van der Waals surface area contributed by atoms with E-state index in [1.54, 1.807) is 0 Å². The van der Waals surface area contributed by atoms with Gasteiger partial charge in [-0.25, -0.2) is 0 Å². The minimum absolute atomic E-state index is 0.0347. The zero-order valence-corrected chi connectivity index (χ0v) is 19.3. The van der Waals surface area contributed by atoms with Crippen LogP contribution in [0.4, 0.5) is 0 Å². The summed E-state index contributed by atoms with van der Waals surface area (Å²) in [6.07, 6.45) is 0.208. The maximum absolute atomic E-state index is 12.5. The fourth-order valence-corrected chi connectivity index (χ4v) is 3.97. The molecule has 1 aliphatic heterocycles. The topological polar surface area (TPSA) is 81.4 Å². The van der Waals surface area contributed by atoms with Crippen molar-refractivity contribution in [3.05, 3.63) is 70.3 Å². The lowest BCUT2D eigenvalue weighted by molar-refractivity contribution is -0.121. The quantitative estimate of drug-likeness (QED) is 0.600. The molecule has 0 spiro atoms. The van der Waals surface area contributed by atoms with E-state index < -0.39 is 6.04 Å². The van der Waals surface area contributed by atoms with Crippen LogP contribution in [0.1, 0.15) is 56.0 Å². The number of carbonyl (C=O) groups excluding carboxylic acids is 1. The summed E-state index contributed by atoms with van der Waals surface area (Å²) in [5, 5.41) is 12.2. The molecule has 166 valence electrons. The molecule has 0 radical (unpaired) electrons. The Morgan fingerprint density at radius 1 is 1.19 bits per heavy atom. The van der Waals surface area contributed by atoms with Crippen LogP contribution < -0.4 is 10.1 Å². The van der Waals surface area contributed by atoms with Crippen LogP contribution in [-0.4, -0.2) is 39.0 Å². The average molecular weight is 452 g/mol. The highest BCUT2D eigenvalue weighted by atomic mass is 35.5. The number of ether oxygens (including phenoxy) is 1. The zero-order valence-electron chi connectivity index (χ0n) is 18.6. The van der Waals surface area contributed by atoms with Gasteiger partial charge in [0.15, 0.2) is 5.82 Å². The van der Waals surface area contributed by atoms with Crippen LogP contribution in [0, 0.1) is 6.92 Å². The Morgan fingerprint density at radius 2 is 1.94 bits per heavy atom. The number of halogens is 1. The molecule has 1 aliphatic rings. The third-order valence-corrected chi connectivity index (χ3v) is 5.39. The largest absolute Gasteiger partial charge is 0.491 e. The molecular formula is C24H26ClN5O2. The Labute approximate surface area is 192 Å². The Morgan fingerprint density at radius 3 is 2.62 bits per heavy atom. The molecule has 0 aliphatic carbocycles. The van der Waals surface area contributed by atoms with Crippen LogP contribution in [0.3, 0.4) is 0 Å². The van der Waals surface area contributed by atoms with E-state index >= 15 is 0 Å². The highest BCUT2D eigenvalue weighted by molar-refractivity contribution is 6.30. The minimum Gasteiger partial charge on any atom is -0.491 e. The van der Waals surface area contributed by atoms with Crippen LogP contribution in [-0.2, 0) is 4.79 Å². The standard InChI is InChI=1S/C24H26ClN5O2/c1-5-26-22(31)13-20-24-29-28-15(4)30(24)21-11-10-18(32-14(2)3)12-19(21)23(27-20)16-6-8-17(25)9-7-16/h6-12,14,20H,5,13H2,1-4H3,(H,26,31). The highest BCUT2D eigenvalue weighted by Crippen LogP contribution is 2.34. The number of carbonyl (C=O) groups is 1. The zero-order chi connectivity index (χ0) is 22.8. The summed E-state index contributed by atoms with van der Waals surface area (Å²) in [6.45, 7) is 8.33. The summed E-state index contributed by atoms with van der Waals surface area (Å²) in [4.78, 5) is 17.5. The summed E-state index contributed by atoms with van der Waals surface area (Å²) in [6, 6.07) is 13.0. The molecule has 7 nitrogen and oxygen atoms in total. The van der Waals surface area contributed by atoms with Crippen molar-refractivity contribution in [2.24, 2.45) is 4.99 Å². The molecule has 4 rings (SSSR count). The average Bonchev–Trinajstić information content (AvgIpc) is 3.06. The van der Waals surface area contributed by atoms with Gasteiger partial charge in [0.2, 0.25) is 5.91 Å². The van der Waals surface area contributed by atoms with Gasteiger partial charge < -0.3 is 10.1 Å². The Bertz CT molecular complexity index is 1170. The molecule has 32 heavy (non-hydrogen) atoms. The molecule has 1 N–H and O–H groups in total. The van der Waals surface area contributed by atoms with E-state index in [1.165, 1.54) is 0 Å². The summed E-state index contributed by atoms with van der Waals surface area (Å²) in [7, 11) is 0. The van der Waals surface area contributed by atoms with E-state index in [9.17, 15) is 4.79 Å². The Hall–Kier alpha value is -3.19. The second kappa shape index (κ2) is 9.12. The fraction of sp³-hybridized carbons (Fsp3) is 0.333. The van der Waals surface area contributed by atoms with Gasteiger partial charge in [0.05, 0.1) is 23.9 Å². The molecule has 0 saturated carbocycles. The smallest absolute Gasteiger partial charge is 0.222 e. The number of nitrogens with one attached hydrogen (secondary N) is 1. The first-order valence-corrected chi connectivity index (χ1v) is 11.1. The van der Waals surface area contributed by atoms with Crippen molar-refractivity contribution in [2.45, 2.75) is 46.3 Å². The molecule has 3 aromatic rings. The fourth-order valence-electron chi connectivity index (χ4n) is 3.84. The molecule has 0 saturated heterocycles. The predicted molar refractivity (Wildman–Crippen MR) is 125 cm³/mol. The van der Waals surface area contributed by atoms with E-state index in [2.05, 4.69) is 15.5 Å². The molecular weight excluding hydrogens is 426 g/mol. The number of aromatic nitrogens is 3. The summed E-state index contributed by atoms with van der Waals surface area (Å²) >= 11 is 6.14. The molecule has 1 amide bonds. The number of rotatable bonds is 6. The summed E-state index contributed by atoms with van der Waals surface area (Å²) in [5.74, 6) is 2.03. The molecule has 2 heterocycles. The number of amides is 1. The normalized spacial score (nSPS) is 14.9. The lowest BCUT2D eigenvalue weighted by atomic mass is 10.00. The first kappa shape index (κ1) is 22.0. The van der Waals surface area contributed by atoms with Gasteiger partial charge in [-0.2, -0.15) is 0 Å². The van der Waals surface area contributed by atoms with Crippen molar-refractivity contribution >= 4 is 23.2 Å². The first-order chi connectivity index (χ1) is 15.4. The van der Waals surface area contributed by atoms with Crippen LogP contribution in [0.2, 0.25) is 5.02 Å². The summed E-state index contributed by atoms with van der Waals surface area (Å²) in [5.41, 5.74) is 3.43. The lowest BCUT2D eigenvalue weighted by Gasteiger charge is -2.16. The first-order valence-electron chi connectivity index (χ1n) is 10.7. The van der Waals surface area contributed by atoms with Crippen molar-refractivity contribution < 1.29 is 9.53 Å². The van der Waals surface area contributed by atoms with Crippen molar-refractivity contribution in [2.75, 3.05) is 6.54 Å². The second-order valence-electron chi connectivity index (χ2n) is 7.94. The predicted octanol–water partition coefficient (Wildman–Crippen LogP) is 4.43. The van der Waals surface area contributed by atoms with Gasteiger partial charge in [0.25, 0.3) is 0 Å². The number of hydrogen-bond donors (Lipinski definition) is 1. The number of aliphatic imine (C=N–C) groups is 1. The van der Waals surface area contributed by atoms with Gasteiger partial charge >= 0.3 is 0 Å². The monoisotopic (exact) mass is 451 g/mol. The maximum Gasteiger partial charge on any atom is 0.222 e. The van der Waals surface area contributed by atoms with Crippen molar-refractivity contribution in [1.29, 1.82) is 0 Å². The number of benzene rings is 2. The molecule has 1 unspecified atom stereocenters. The van der Waals surface area contributed by atoms with E-state index in [4.69, 9.17) is 21.3 Å². The van der Waals surface area contributed by atoms with E-state index in [0.717, 1.165) is 34.1 Å².